The van der Waals surface area contributed by atoms with Crippen molar-refractivity contribution >= 4 is 20.9 Å². The fraction of sp³-hybridized carbons (Fsp3) is 0.471. The zero-order valence-electron chi connectivity index (χ0n) is 13.4. The van der Waals surface area contributed by atoms with Crippen LogP contribution in [-0.2, 0) is 15.8 Å². The summed E-state index contributed by atoms with van der Waals surface area (Å²) in [7, 11) is -3.41. The van der Waals surface area contributed by atoms with E-state index in [4.69, 9.17) is 5.73 Å². The molecule has 2 heterocycles. The maximum Gasteiger partial charge on any atom is 0.218 e. The van der Waals surface area contributed by atoms with Gasteiger partial charge in [-0.05, 0) is 31.4 Å². The fourth-order valence-electron chi connectivity index (χ4n) is 3.36. The van der Waals surface area contributed by atoms with Crippen LogP contribution in [0.4, 0.5) is 0 Å². The molecule has 0 radical (unpaired) electrons. The number of rotatable bonds is 4. The Hall–Kier alpha value is -1.50. The number of para-hydroxylation sites is 1. The number of pyridine rings is 1. The van der Waals surface area contributed by atoms with E-state index in [0.717, 1.165) is 35.7 Å². The third-order valence-corrected chi connectivity index (χ3v) is 6.36. The molecular weight excluding hydrogens is 310 g/mol. The van der Waals surface area contributed by atoms with Crippen molar-refractivity contribution in [3.05, 3.63) is 42.1 Å². The minimum Gasteiger partial charge on any atom is -0.326 e. The molecule has 0 spiro atoms. The minimum atomic E-state index is -3.41. The van der Waals surface area contributed by atoms with E-state index in [1.54, 1.807) is 10.5 Å². The Kier molecular flexibility index (Phi) is 4.66. The van der Waals surface area contributed by atoms with Crippen LogP contribution in [0.3, 0.4) is 0 Å². The normalized spacial score (nSPS) is 21.4. The van der Waals surface area contributed by atoms with Gasteiger partial charge in [-0.15, -0.1) is 0 Å². The van der Waals surface area contributed by atoms with Crippen molar-refractivity contribution in [1.82, 2.24) is 9.29 Å². The fourth-order valence-corrected chi connectivity index (χ4v) is 5.27. The lowest BCUT2D eigenvalue weighted by molar-refractivity contribution is 0.227. The van der Waals surface area contributed by atoms with Gasteiger partial charge in [-0.3, -0.25) is 4.98 Å². The van der Waals surface area contributed by atoms with Crippen molar-refractivity contribution in [2.45, 2.75) is 44.0 Å². The van der Waals surface area contributed by atoms with E-state index in [9.17, 15) is 8.42 Å². The van der Waals surface area contributed by atoms with E-state index in [0.29, 0.717) is 6.54 Å². The van der Waals surface area contributed by atoms with Crippen LogP contribution >= 0.6 is 0 Å². The predicted molar refractivity (Wildman–Crippen MR) is 92.4 cm³/mol. The van der Waals surface area contributed by atoms with Gasteiger partial charge in [0, 0.05) is 30.2 Å². The van der Waals surface area contributed by atoms with Crippen molar-refractivity contribution in [2.75, 3.05) is 6.54 Å². The van der Waals surface area contributed by atoms with Gasteiger partial charge in [0.25, 0.3) is 0 Å². The number of hydrogen-bond donors (Lipinski definition) is 1. The Morgan fingerprint density at radius 1 is 1.30 bits per heavy atom. The molecule has 6 heteroatoms. The molecule has 0 amide bonds. The van der Waals surface area contributed by atoms with Crippen LogP contribution in [0.25, 0.3) is 10.9 Å². The summed E-state index contributed by atoms with van der Waals surface area (Å²) in [6.07, 6.45) is 4.47. The standard InChI is InChI=1S/C17H23N3O2S/c1-13(18)16-9-2-3-11-20(16)23(21,22)12-15-7-4-6-14-8-5-10-19-17(14)15/h4-8,10,13,16H,2-3,9,11-12,18H2,1H3/t13-,16-/m1/s1. The zero-order chi connectivity index (χ0) is 16.4. The SMILES string of the molecule is C[C@@H](N)[C@H]1CCCCN1S(=O)(=O)Cc1cccc2cccnc12. The number of hydrogen-bond acceptors (Lipinski definition) is 4. The molecule has 3 rings (SSSR count). The average molecular weight is 333 g/mol. The minimum absolute atomic E-state index is 0.0232. The molecule has 0 unspecified atom stereocenters. The van der Waals surface area contributed by atoms with Crippen LogP contribution in [0.1, 0.15) is 31.7 Å². The molecule has 1 aliphatic heterocycles. The van der Waals surface area contributed by atoms with E-state index in [-0.39, 0.29) is 17.8 Å². The zero-order valence-corrected chi connectivity index (χ0v) is 14.2. The molecule has 2 aromatic rings. The molecule has 1 aromatic carbocycles. The first-order valence-corrected chi connectivity index (χ1v) is 9.68. The number of sulfonamides is 1. The summed E-state index contributed by atoms with van der Waals surface area (Å²) < 4.78 is 27.5. The highest BCUT2D eigenvalue weighted by Gasteiger charge is 2.34. The van der Waals surface area contributed by atoms with Crippen molar-refractivity contribution in [2.24, 2.45) is 5.73 Å². The monoisotopic (exact) mass is 333 g/mol. The Balaban J connectivity index is 1.93. The van der Waals surface area contributed by atoms with Crippen LogP contribution in [0.15, 0.2) is 36.5 Å². The number of nitrogens with two attached hydrogens (primary N) is 1. The molecule has 0 saturated carbocycles. The Labute approximate surface area is 137 Å². The van der Waals surface area contributed by atoms with Gasteiger partial charge in [-0.2, -0.15) is 4.31 Å². The van der Waals surface area contributed by atoms with Crippen LogP contribution < -0.4 is 5.73 Å². The van der Waals surface area contributed by atoms with Crippen molar-refractivity contribution in [1.29, 1.82) is 0 Å². The lowest BCUT2D eigenvalue weighted by Crippen LogP contribution is -2.51. The van der Waals surface area contributed by atoms with E-state index >= 15 is 0 Å². The number of nitrogens with zero attached hydrogens (tertiary/aromatic N) is 2. The quantitative estimate of drug-likeness (QED) is 0.931. The third kappa shape index (κ3) is 3.39. The predicted octanol–water partition coefficient (Wildman–Crippen LogP) is 2.27. The van der Waals surface area contributed by atoms with E-state index < -0.39 is 10.0 Å². The molecule has 1 aromatic heterocycles. The first-order chi connectivity index (χ1) is 11.0. The van der Waals surface area contributed by atoms with Gasteiger partial charge in [0.2, 0.25) is 10.0 Å². The summed E-state index contributed by atoms with van der Waals surface area (Å²) >= 11 is 0. The van der Waals surface area contributed by atoms with E-state index in [1.807, 2.05) is 37.3 Å². The average Bonchev–Trinajstić information content (AvgIpc) is 2.55. The van der Waals surface area contributed by atoms with Gasteiger partial charge >= 0.3 is 0 Å². The maximum atomic E-state index is 13.0. The molecule has 0 aliphatic carbocycles. The smallest absolute Gasteiger partial charge is 0.218 e. The van der Waals surface area contributed by atoms with Gasteiger partial charge in [-0.25, -0.2) is 8.42 Å². The number of benzene rings is 1. The van der Waals surface area contributed by atoms with Crippen molar-refractivity contribution < 1.29 is 8.42 Å². The summed E-state index contributed by atoms with van der Waals surface area (Å²) in [5, 5.41) is 0.961. The van der Waals surface area contributed by atoms with Crippen molar-refractivity contribution in [3.8, 4) is 0 Å². The van der Waals surface area contributed by atoms with Gasteiger partial charge in [-0.1, -0.05) is 30.7 Å². The topological polar surface area (TPSA) is 76.3 Å². The van der Waals surface area contributed by atoms with Crippen LogP contribution in [-0.4, -0.2) is 36.3 Å². The number of piperidine rings is 1. The number of fused-ring (bicyclic) bond motifs is 1. The molecule has 23 heavy (non-hydrogen) atoms. The van der Waals surface area contributed by atoms with Crippen LogP contribution in [0.2, 0.25) is 0 Å². The van der Waals surface area contributed by atoms with Crippen molar-refractivity contribution in [3.63, 3.8) is 0 Å². The molecule has 124 valence electrons. The molecule has 2 atom stereocenters. The van der Waals surface area contributed by atoms with Gasteiger partial charge < -0.3 is 5.73 Å². The van der Waals surface area contributed by atoms with Crippen LogP contribution in [0, 0.1) is 0 Å². The van der Waals surface area contributed by atoms with Gasteiger partial charge in [0.05, 0.1) is 11.3 Å². The summed E-state index contributed by atoms with van der Waals surface area (Å²) in [6.45, 7) is 2.45. The Morgan fingerprint density at radius 2 is 2.09 bits per heavy atom. The van der Waals surface area contributed by atoms with Crippen LogP contribution in [0.5, 0.6) is 0 Å². The Morgan fingerprint density at radius 3 is 2.87 bits per heavy atom. The molecule has 1 aliphatic rings. The summed E-state index contributed by atoms with van der Waals surface area (Å²) in [6, 6.07) is 9.23. The lowest BCUT2D eigenvalue weighted by atomic mass is 10.00. The second-order valence-corrected chi connectivity index (χ2v) is 8.20. The van der Waals surface area contributed by atoms with E-state index in [1.165, 1.54) is 0 Å². The second kappa shape index (κ2) is 6.55. The lowest BCUT2D eigenvalue weighted by Gasteiger charge is -2.37. The molecule has 5 nitrogen and oxygen atoms in total. The molecule has 1 fully saturated rings. The third-order valence-electron chi connectivity index (χ3n) is 4.52. The molecular formula is C17H23N3O2S. The molecule has 1 saturated heterocycles. The Bertz CT molecular complexity index is 784. The van der Waals surface area contributed by atoms with E-state index in [2.05, 4.69) is 4.98 Å². The van der Waals surface area contributed by atoms with Gasteiger partial charge in [0.15, 0.2) is 0 Å². The number of aromatic nitrogens is 1. The highest BCUT2D eigenvalue weighted by Crippen LogP contribution is 2.26. The molecule has 2 N–H and O–H groups in total. The highest BCUT2D eigenvalue weighted by atomic mass is 32.2. The second-order valence-electron chi connectivity index (χ2n) is 6.28. The summed E-state index contributed by atoms with van der Waals surface area (Å²) in [4.78, 5) is 4.36. The highest BCUT2D eigenvalue weighted by molar-refractivity contribution is 7.88. The van der Waals surface area contributed by atoms with Gasteiger partial charge in [0.1, 0.15) is 0 Å². The maximum absolute atomic E-state index is 13.0. The molecule has 0 bridgehead atoms. The first kappa shape index (κ1) is 16.4. The largest absolute Gasteiger partial charge is 0.326 e. The summed E-state index contributed by atoms with van der Waals surface area (Å²) in [5.74, 6) is -0.0232. The first-order valence-electron chi connectivity index (χ1n) is 8.07. The summed E-state index contributed by atoms with van der Waals surface area (Å²) in [5.41, 5.74) is 7.52.